The Balaban J connectivity index is 1.75. The Bertz CT molecular complexity index is 974. The lowest BCUT2D eigenvalue weighted by Gasteiger charge is -2.44. The van der Waals surface area contributed by atoms with Crippen LogP contribution in [0.1, 0.15) is 105 Å². The van der Waals surface area contributed by atoms with E-state index in [2.05, 4.69) is 119 Å². The average molecular weight is 419 g/mol. The van der Waals surface area contributed by atoms with E-state index in [1.807, 2.05) is 0 Å². The second kappa shape index (κ2) is 5.97. The van der Waals surface area contributed by atoms with Gasteiger partial charge in [0.25, 0.3) is 0 Å². The minimum atomic E-state index is 0.0825. The lowest BCUT2D eigenvalue weighted by molar-refractivity contribution is 0.125. The lowest BCUT2D eigenvalue weighted by Crippen LogP contribution is -2.42. The van der Waals surface area contributed by atoms with Crippen LogP contribution in [0.25, 0.3) is 0 Å². The number of benzene rings is 2. The van der Waals surface area contributed by atoms with Gasteiger partial charge < -0.3 is 4.74 Å². The van der Waals surface area contributed by atoms with Gasteiger partial charge in [-0.2, -0.15) is 0 Å². The summed E-state index contributed by atoms with van der Waals surface area (Å²) in [6.07, 6.45) is 0. The standard InChI is InChI=1S/C30H42O/c1-25(2)21-15-13-19(17-23(21)27(5,6)29(25,9)10)31-20-14-16-22-24(18-20)28(7,8)30(11,12)26(22,3)4/h13-18H,1-12H3. The molecule has 0 N–H and O–H groups in total. The average Bonchev–Trinajstić information content (AvgIpc) is 2.82. The molecular formula is C30H42O. The van der Waals surface area contributed by atoms with Gasteiger partial charge in [-0.05, 0) is 79.0 Å². The first-order valence-electron chi connectivity index (χ1n) is 11.9. The van der Waals surface area contributed by atoms with Crippen molar-refractivity contribution in [2.24, 2.45) is 10.8 Å². The summed E-state index contributed by atoms with van der Waals surface area (Å²) in [5, 5.41) is 0. The van der Waals surface area contributed by atoms with Crippen LogP contribution in [0.4, 0.5) is 0 Å². The Kier molecular flexibility index (Phi) is 4.32. The van der Waals surface area contributed by atoms with Gasteiger partial charge >= 0.3 is 0 Å². The molecule has 0 atom stereocenters. The van der Waals surface area contributed by atoms with Crippen LogP contribution in [-0.4, -0.2) is 0 Å². The van der Waals surface area contributed by atoms with E-state index < -0.39 is 0 Å². The fourth-order valence-electron chi connectivity index (χ4n) is 6.34. The quantitative estimate of drug-likeness (QED) is 0.474. The van der Waals surface area contributed by atoms with E-state index in [1.54, 1.807) is 0 Å². The SMILES string of the molecule is CC1(C)c2ccc(Oc3ccc4c(c3)C(C)(C)C(C)(C)C4(C)C)cc2C(C)(C)C1(C)C. The summed E-state index contributed by atoms with van der Waals surface area (Å²) in [6, 6.07) is 13.5. The van der Waals surface area contributed by atoms with Crippen molar-refractivity contribution in [1.29, 1.82) is 0 Å². The minimum absolute atomic E-state index is 0.0825. The maximum atomic E-state index is 6.49. The van der Waals surface area contributed by atoms with E-state index in [-0.39, 0.29) is 32.5 Å². The third kappa shape index (κ3) is 2.50. The second-order valence-electron chi connectivity index (χ2n) is 13.3. The second-order valence-corrected chi connectivity index (χ2v) is 13.3. The van der Waals surface area contributed by atoms with Crippen LogP contribution in [0, 0.1) is 10.8 Å². The maximum absolute atomic E-state index is 6.49. The normalized spacial score (nSPS) is 25.0. The summed E-state index contributed by atoms with van der Waals surface area (Å²) in [5.41, 5.74) is 6.48. The molecule has 0 saturated carbocycles. The summed E-state index contributed by atoms with van der Waals surface area (Å²) >= 11 is 0. The number of hydrogen-bond donors (Lipinski definition) is 0. The van der Waals surface area contributed by atoms with Gasteiger partial charge in [0.1, 0.15) is 11.5 Å². The molecule has 0 radical (unpaired) electrons. The molecule has 168 valence electrons. The zero-order valence-corrected chi connectivity index (χ0v) is 21.9. The van der Waals surface area contributed by atoms with Gasteiger partial charge in [-0.15, -0.1) is 0 Å². The van der Waals surface area contributed by atoms with E-state index in [0.717, 1.165) is 11.5 Å². The molecule has 0 heterocycles. The van der Waals surface area contributed by atoms with Crippen LogP contribution in [0.15, 0.2) is 36.4 Å². The van der Waals surface area contributed by atoms with Crippen molar-refractivity contribution in [2.45, 2.75) is 105 Å². The predicted octanol–water partition coefficient (Wildman–Crippen LogP) is 8.67. The van der Waals surface area contributed by atoms with Crippen LogP contribution < -0.4 is 4.74 Å². The molecule has 0 spiro atoms. The molecule has 0 amide bonds. The number of fused-ring (bicyclic) bond motifs is 2. The molecule has 0 aliphatic heterocycles. The van der Waals surface area contributed by atoms with Crippen molar-refractivity contribution >= 4 is 0 Å². The zero-order chi connectivity index (χ0) is 23.4. The summed E-state index contributed by atoms with van der Waals surface area (Å²) in [4.78, 5) is 0. The van der Waals surface area contributed by atoms with Crippen LogP contribution in [-0.2, 0) is 21.7 Å². The van der Waals surface area contributed by atoms with Gasteiger partial charge in [-0.1, -0.05) is 95.2 Å². The third-order valence-corrected chi connectivity index (χ3v) is 11.2. The molecular weight excluding hydrogens is 376 g/mol. The zero-order valence-electron chi connectivity index (χ0n) is 21.9. The Labute approximate surface area is 190 Å². The molecule has 4 rings (SSSR count). The van der Waals surface area contributed by atoms with Crippen molar-refractivity contribution in [2.75, 3.05) is 0 Å². The Morgan fingerprint density at radius 3 is 1.03 bits per heavy atom. The van der Waals surface area contributed by atoms with Crippen molar-refractivity contribution < 1.29 is 4.74 Å². The van der Waals surface area contributed by atoms with Crippen LogP contribution in [0.5, 0.6) is 11.5 Å². The van der Waals surface area contributed by atoms with E-state index in [4.69, 9.17) is 4.74 Å². The van der Waals surface area contributed by atoms with Gasteiger partial charge in [-0.3, -0.25) is 0 Å². The summed E-state index contributed by atoms with van der Waals surface area (Å²) in [7, 11) is 0. The van der Waals surface area contributed by atoms with Gasteiger partial charge in [0.15, 0.2) is 0 Å². The minimum Gasteiger partial charge on any atom is -0.457 e. The lowest BCUT2D eigenvalue weighted by atomic mass is 9.59. The van der Waals surface area contributed by atoms with E-state index in [9.17, 15) is 0 Å². The molecule has 0 bridgehead atoms. The molecule has 0 aromatic heterocycles. The van der Waals surface area contributed by atoms with E-state index in [1.165, 1.54) is 22.3 Å². The summed E-state index contributed by atoms with van der Waals surface area (Å²) in [6.45, 7) is 28.7. The van der Waals surface area contributed by atoms with Crippen LogP contribution in [0.3, 0.4) is 0 Å². The van der Waals surface area contributed by atoms with Crippen LogP contribution >= 0.6 is 0 Å². The van der Waals surface area contributed by atoms with Gasteiger partial charge in [-0.25, -0.2) is 0 Å². The smallest absolute Gasteiger partial charge is 0.127 e. The molecule has 31 heavy (non-hydrogen) atoms. The highest BCUT2D eigenvalue weighted by atomic mass is 16.5. The predicted molar refractivity (Wildman–Crippen MR) is 133 cm³/mol. The molecule has 2 aromatic carbocycles. The van der Waals surface area contributed by atoms with Crippen molar-refractivity contribution in [3.8, 4) is 11.5 Å². The molecule has 0 fully saturated rings. The molecule has 2 aromatic rings. The Morgan fingerprint density at radius 1 is 0.419 bits per heavy atom. The molecule has 1 nitrogen and oxygen atoms in total. The van der Waals surface area contributed by atoms with E-state index >= 15 is 0 Å². The number of ether oxygens (including phenoxy) is 1. The highest BCUT2D eigenvalue weighted by Crippen LogP contribution is 2.63. The van der Waals surface area contributed by atoms with Crippen LogP contribution in [0.2, 0.25) is 0 Å². The monoisotopic (exact) mass is 418 g/mol. The van der Waals surface area contributed by atoms with Crippen molar-refractivity contribution in [3.05, 3.63) is 58.7 Å². The molecule has 1 heteroatoms. The largest absolute Gasteiger partial charge is 0.457 e. The molecule has 2 aliphatic rings. The summed E-state index contributed by atoms with van der Waals surface area (Å²) < 4.78 is 6.49. The fourth-order valence-corrected chi connectivity index (χ4v) is 6.34. The van der Waals surface area contributed by atoms with E-state index in [0.29, 0.717) is 0 Å². The number of hydrogen-bond acceptors (Lipinski definition) is 1. The third-order valence-electron chi connectivity index (χ3n) is 11.2. The molecule has 0 unspecified atom stereocenters. The molecule has 0 saturated heterocycles. The molecule has 2 aliphatic carbocycles. The first-order valence-corrected chi connectivity index (χ1v) is 11.9. The van der Waals surface area contributed by atoms with Gasteiger partial charge in [0.05, 0.1) is 0 Å². The van der Waals surface area contributed by atoms with Crippen molar-refractivity contribution in [1.82, 2.24) is 0 Å². The topological polar surface area (TPSA) is 9.23 Å². The summed E-state index contributed by atoms with van der Waals surface area (Å²) in [5.74, 6) is 1.88. The van der Waals surface area contributed by atoms with Crippen molar-refractivity contribution in [3.63, 3.8) is 0 Å². The Hall–Kier alpha value is -1.76. The highest BCUT2D eigenvalue weighted by molar-refractivity contribution is 5.54. The fraction of sp³-hybridized carbons (Fsp3) is 0.600. The maximum Gasteiger partial charge on any atom is 0.127 e. The number of rotatable bonds is 2. The highest BCUT2D eigenvalue weighted by Gasteiger charge is 2.58. The first-order chi connectivity index (χ1) is 13.9. The van der Waals surface area contributed by atoms with Gasteiger partial charge in [0, 0.05) is 0 Å². The van der Waals surface area contributed by atoms with Gasteiger partial charge in [0.2, 0.25) is 0 Å². The first kappa shape index (κ1) is 22.4. The Morgan fingerprint density at radius 2 is 0.710 bits per heavy atom.